The molecule has 2 aromatic carbocycles. The van der Waals surface area contributed by atoms with Crippen molar-refractivity contribution in [2.75, 3.05) is 11.9 Å². The minimum atomic E-state index is -1.39. The maximum atomic E-state index is 10.1. The van der Waals surface area contributed by atoms with E-state index >= 15 is 0 Å². The highest BCUT2D eigenvalue weighted by atomic mass is 16.6. The fourth-order valence-corrected chi connectivity index (χ4v) is 2.73. The Morgan fingerprint density at radius 3 is 2.41 bits per heavy atom. The van der Waals surface area contributed by atoms with E-state index in [1.807, 2.05) is 42.5 Å². The van der Waals surface area contributed by atoms with E-state index in [0.29, 0.717) is 0 Å². The van der Waals surface area contributed by atoms with E-state index in [9.17, 15) is 20.4 Å². The van der Waals surface area contributed by atoms with Crippen LogP contribution < -0.4 is 5.32 Å². The van der Waals surface area contributed by atoms with Crippen LogP contribution in [0.15, 0.2) is 42.5 Å². The predicted molar refractivity (Wildman–Crippen MR) is 81.3 cm³/mol. The van der Waals surface area contributed by atoms with Crippen molar-refractivity contribution in [3.8, 4) is 0 Å². The number of aliphatic hydroxyl groups excluding tert-OH is 4. The Bertz CT molecular complexity index is 642. The van der Waals surface area contributed by atoms with Crippen LogP contribution in [0, 0.1) is 0 Å². The second-order valence-corrected chi connectivity index (χ2v) is 5.42. The molecule has 5 N–H and O–H groups in total. The van der Waals surface area contributed by atoms with E-state index in [0.717, 1.165) is 16.5 Å². The minimum absolute atomic E-state index is 0.446. The van der Waals surface area contributed by atoms with Gasteiger partial charge >= 0.3 is 0 Å². The van der Waals surface area contributed by atoms with Crippen LogP contribution in [0.25, 0.3) is 10.8 Å². The fraction of sp³-hybridized carbons (Fsp3) is 0.375. The van der Waals surface area contributed by atoms with Gasteiger partial charge in [-0.1, -0.05) is 36.4 Å². The number of rotatable bonds is 3. The molecule has 1 fully saturated rings. The van der Waals surface area contributed by atoms with Gasteiger partial charge in [0.1, 0.15) is 24.4 Å². The van der Waals surface area contributed by atoms with Crippen molar-refractivity contribution in [1.82, 2.24) is 0 Å². The zero-order valence-electron chi connectivity index (χ0n) is 11.8. The first-order chi connectivity index (χ1) is 10.6. The van der Waals surface area contributed by atoms with Crippen LogP contribution in [0.2, 0.25) is 0 Å². The maximum absolute atomic E-state index is 10.1. The summed E-state index contributed by atoms with van der Waals surface area (Å²) in [5.74, 6) is 0. The van der Waals surface area contributed by atoms with Gasteiger partial charge in [-0.15, -0.1) is 0 Å². The summed E-state index contributed by atoms with van der Waals surface area (Å²) in [5.41, 5.74) is 0.738. The number of aliphatic hydroxyl groups is 4. The lowest BCUT2D eigenvalue weighted by atomic mass is 9.98. The van der Waals surface area contributed by atoms with Crippen molar-refractivity contribution in [3.63, 3.8) is 0 Å². The largest absolute Gasteiger partial charge is 0.394 e. The first-order valence-electron chi connectivity index (χ1n) is 7.16. The third kappa shape index (κ3) is 2.67. The number of hydrogen-bond donors (Lipinski definition) is 5. The van der Waals surface area contributed by atoms with Crippen molar-refractivity contribution in [2.24, 2.45) is 0 Å². The normalized spacial score (nSPS) is 32.1. The molecule has 118 valence electrons. The third-order valence-corrected chi connectivity index (χ3v) is 3.98. The lowest BCUT2D eigenvalue weighted by molar-refractivity contribution is -0.221. The zero-order valence-corrected chi connectivity index (χ0v) is 11.8. The first-order valence-corrected chi connectivity index (χ1v) is 7.16. The van der Waals surface area contributed by atoms with Crippen LogP contribution in [0.1, 0.15) is 0 Å². The molecule has 1 saturated heterocycles. The third-order valence-electron chi connectivity index (χ3n) is 3.98. The van der Waals surface area contributed by atoms with Gasteiger partial charge in [0.15, 0.2) is 6.23 Å². The minimum Gasteiger partial charge on any atom is -0.394 e. The molecule has 1 aliphatic rings. The Labute approximate surface area is 127 Å². The molecular weight excluding hydrogens is 286 g/mol. The average Bonchev–Trinajstić information content (AvgIpc) is 2.55. The summed E-state index contributed by atoms with van der Waals surface area (Å²) in [6.07, 6.45) is -5.91. The maximum Gasteiger partial charge on any atom is 0.157 e. The monoisotopic (exact) mass is 305 g/mol. The van der Waals surface area contributed by atoms with Gasteiger partial charge in [0.2, 0.25) is 0 Å². The summed E-state index contributed by atoms with van der Waals surface area (Å²) < 4.78 is 5.46. The molecule has 3 rings (SSSR count). The highest BCUT2D eigenvalue weighted by Gasteiger charge is 2.43. The highest BCUT2D eigenvalue weighted by Crippen LogP contribution is 2.27. The SMILES string of the molecule is OC[C@@H]1O[C@@H](Nc2cccc3ccccc23)[C@@H](O)[C@H](O)[C@@H]1O. The van der Waals surface area contributed by atoms with Crippen LogP contribution in [0.4, 0.5) is 5.69 Å². The van der Waals surface area contributed by atoms with E-state index in [4.69, 9.17) is 4.74 Å². The number of benzene rings is 2. The molecule has 0 spiro atoms. The molecule has 1 heterocycles. The highest BCUT2D eigenvalue weighted by molar-refractivity contribution is 5.93. The summed E-state index contributed by atoms with van der Waals surface area (Å²) in [4.78, 5) is 0. The Kier molecular flexibility index (Phi) is 4.28. The van der Waals surface area contributed by atoms with Crippen molar-refractivity contribution in [3.05, 3.63) is 42.5 Å². The quantitative estimate of drug-likeness (QED) is 0.549. The number of ether oxygens (including phenoxy) is 1. The number of hydrogen-bond acceptors (Lipinski definition) is 6. The molecule has 0 aliphatic carbocycles. The topological polar surface area (TPSA) is 102 Å². The van der Waals surface area contributed by atoms with Crippen molar-refractivity contribution < 1.29 is 25.2 Å². The Morgan fingerprint density at radius 2 is 1.64 bits per heavy atom. The molecule has 2 aromatic rings. The van der Waals surface area contributed by atoms with Crippen LogP contribution in [0.5, 0.6) is 0 Å². The summed E-state index contributed by atoms with van der Waals surface area (Å²) in [6, 6.07) is 13.4. The average molecular weight is 305 g/mol. The number of nitrogens with one attached hydrogen (secondary N) is 1. The van der Waals surface area contributed by atoms with E-state index in [2.05, 4.69) is 5.32 Å². The smallest absolute Gasteiger partial charge is 0.157 e. The lowest BCUT2D eigenvalue weighted by Crippen LogP contribution is -2.60. The van der Waals surface area contributed by atoms with Crippen LogP contribution >= 0.6 is 0 Å². The fourth-order valence-electron chi connectivity index (χ4n) is 2.73. The van der Waals surface area contributed by atoms with Crippen LogP contribution in [-0.2, 0) is 4.74 Å². The standard InChI is InChI=1S/C16H19NO5/c18-8-12-13(19)14(20)15(21)16(22-12)17-11-7-3-5-9-4-1-2-6-10(9)11/h1-7,12-21H,8H2/t12-,13+,14+,15-,16+/m0/s1. The van der Waals surface area contributed by atoms with Gasteiger partial charge < -0.3 is 30.5 Å². The van der Waals surface area contributed by atoms with Gasteiger partial charge in [0.25, 0.3) is 0 Å². The van der Waals surface area contributed by atoms with Gasteiger partial charge in [-0.2, -0.15) is 0 Å². The van der Waals surface area contributed by atoms with Gasteiger partial charge in [0, 0.05) is 11.1 Å². The predicted octanol–water partition coefficient (Wildman–Crippen LogP) is 0.0516. The molecule has 0 unspecified atom stereocenters. The van der Waals surface area contributed by atoms with E-state index in [1.54, 1.807) is 0 Å². The second kappa shape index (κ2) is 6.20. The molecule has 6 heteroatoms. The Morgan fingerprint density at radius 1 is 0.909 bits per heavy atom. The second-order valence-electron chi connectivity index (χ2n) is 5.42. The van der Waals surface area contributed by atoms with Gasteiger partial charge in [0.05, 0.1) is 6.61 Å². The molecule has 0 bridgehead atoms. The van der Waals surface area contributed by atoms with Gasteiger partial charge in [-0.3, -0.25) is 0 Å². The molecule has 5 atom stereocenters. The molecule has 0 amide bonds. The van der Waals surface area contributed by atoms with Gasteiger partial charge in [-0.05, 0) is 11.5 Å². The Hall–Kier alpha value is -1.70. The number of anilines is 1. The van der Waals surface area contributed by atoms with Crippen LogP contribution in [-0.4, -0.2) is 57.7 Å². The number of fused-ring (bicyclic) bond motifs is 1. The molecule has 6 nitrogen and oxygen atoms in total. The summed E-state index contributed by atoms with van der Waals surface area (Å²) in [5, 5.41) is 43.9. The summed E-state index contributed by atoms with van der Waals surface area (Å²) in [7, 11) is 0. The zero-order chi connectivity index (χ0) is 15.7. The molecule has 0 saturated carbocycles. The first kappa shape index (κ1) is 15.2. The van der Waals surface area contributed by atoms with Crippen molar-refractivity contribution >= 4 is 16.5 Å². The van der Waals surface area contributed by atoms with E-state index < -0.39 is 37.3 Å². The molecule has 22 heavy (non-hydrogen) atoms. The van der Waals surface area contributed by atoms with Crippen molar-refractivity contribution in [2.45, 2.75) is 30.6 Å². The van der Waals surface area contributed by atoms with E-state index in [-0.39, 0.29) is 0 Å². The van der Waals surface area contributed by atoms with Crippen molar-refractivity contribution in [1.29, 1.82) is 0 Å². The summed E-state index contributed by atoms with van der Waals surface area (Å²) >= 11 is 0. The van der Waals surface area contributed by atoms with Gasteiger partial charge in [-0.25, -0.2) is 0 Å². The molecule has 1 aliphatic heterocycles. The van der Waals surface area contributed by atoms with Crippen LogP contribution in [0.3, 0.4) is 0 Å². The lowest BCUT2D eigenvalue weighted by Gasteiger charge is -2.40. The molecule has 0 aromatic heterocycles. The Balaban J connectivity index is 1.87. The van der Waals surface area contributed by atoms with E-state index in [1.165, 1.54) is 0 Å². The molecular formula is C16H19NO5. The summed E-state index contributed by atoms with van der Waals surface area (Å²) in [6.45, 7) is -0.446. The molecule has 0 radical (unpaired) electrons.